The van der Waals surface area contributed by atoms with Crippen LogP contribution >= 0.6 is 23.2 Å². The highest BCUT2D eigenvalue weighted by molar-refractivity contribution is 6.42. The highest BCUT2D eigenvalue weighted by Crippen LogP contribution is 2.24. The van der Waals surface area contributed by atoms with E-state index in [4.69, 9.17) is 29.0 Å². The molecule has 0 bridgehead atoms. The molecule has 0 radical (unpaired) electrons. The molecule has 0 saturated carbocycles. The second kappa shape index (κ2) is 6.58. The molecule has 0 amide bonds. The van der Waals surface area contributed by atoms with Crippen molar-refractivity contribution in [2.45, 2.75) is 13.3 Å². The van der Waals surface area contributed by atoms with E-state index in [0.29, 0.717) is 22.5 Å². The zero-order chi connectivity index (χ0) is 12.0. The molecule has 1 aromatic rings. The number of nitrogens with one attached hydrogen (secondary N) is 2. The summed E-state index contributed by atoms with van der Waals surface area (Å²) in [6, 6.07) is 5.22. The van der Waals surface area contributed by atoms with Crippen molar-refractivity contribution in [1.29, 1.82) is 0 Å². The van der Waals surface area contributed by atoms with Gasteiger partial charge < -0.3 is 5.32 Å². The summed E-state index contributed by atoms with van der Waals surface area (Å²) in [4.78, 5) is 4.20. The predicted molar refractivity (Wildman–Crippen MR) is 70.0 cm³/mol. The van der Waals surface area contributed by atoms with Gasteiger partial charge in [-0.15, -0.1) is 0 Å². The lowest BCUT2D eigenvalue weighted by Crippen LogP contribution is -2.36. The van der Waals surface area contributed by atoms with Crippen molar-refractivity contribution >= 4 is 34.8 Å². The lowest BCUT2D eigenvalue weighted by molar-refractivity contribution is 0.905. The average Bonchev–Trinajstić information content (AvgIpc) is 2.29. The minimum absolute atomic E-state index is 0.485. The molecule has 0 aliphatic heterocycles. The fourth-order valence-corrected chi connectivity index (χ4v) is 1.35. The number of hydrogen-bond acceptors (Lipinski definition) is 2. The Bertz CT molecular complexity index is 379. The van der Waals surface area contributed by atoms with E-state index in [1.165, 1.54) is 0 Å². The highest BCUT2D eigenvalue weighted by atomic mass is 35.5. The summed E-state index contributed by atoms with van der Waals surface area (Å²) in [6.45, 7) is 2.74. The Labute approximate surface area is 105 Å². The van der Waals surface area contributed by atoms with Crippen molar-refractivity contribution in [3.05, 3.63) is 28.2 Å². The standard InChI is InChI=1S/C10H14Cl2N4/c1-2-5-14-10(16-13)15-7-3-4-8(11)9(12)6-7/h3-4,6H,2,5,13H2,1H3,(H2,14,15,16). The second-order valence-electron chi connectivity index (χ2n) is 3.13. The van der Waals surface area contributed by atoms with Crippen molar-refractivity contribution in [2.24, 2.45) is 10.8 Å². The fraction of sp³-hybridized carbons (Fsp3) is 0.300. The third-order valence-corrected chi connectivity index (χ3v) is 2.55. The molecule has 4 nitrogen and oxygen atoms in total. The van der Waals surface area contributed by atoms with Gasteiger partial charge in [0.05, 0.1) is 10.0 Å². The first-order valence-corrected chi connectivity index (χ1v) is 5.66. The molecular weight excluding hydrogens is 247 g/mol. The number of nitrogens with zero attached hydrogens (tertiary/aromatic N) is 1. The molecule has 4 N–H and O–H groups in total. The van der Waals surface area contributed by atoms with Crippen LogP contribution in [0.4, 0.5) is 5.69 Å². The van der Waals surface area contributed by atoms with Crippen LogP contribution in [0.5, 0.6) is 0 Å². The van der Waals surface area contributed by atoms with Gasteiger partial charge in [-0.05, 0) is 24.6 Å². The Hall–Kier alpha value is -0.970. The summed E-state index contributed by atoms with van der Waals surface area (Å²) < 4.78 is 0. The second-order valence-corrected chi connectivity index (χ2v) is 3.94. The summed E-state index contributed by atoms with van der Waals surface area (Å²) in [5.74, 6) is 5.83. The van der Waals surface area contributed by atoms with Crippen LogP contribution in [0.3, 0.4) is 0 Å². The van der Waals surface area contributed by atoms with Gasteiger partial charge in [-0.2, -0.15) is 0 Å². The highest BCUT2D eigenvalue weighted by Gasteiger charge is 2.01. The molecule has 6 heteroatoms. The molecule has 0 aromatic heterocycles. The largest absolute Gasteiger partial charge is 0.325 e. The van der Waals surface area contributed by atoms with Crippen molar-refractivity contribution in [3.63, 3.8) is 0 Å². The van der Waals surface area contributed by atoms with E-state index in [-0.39, 0.29) is 0 Å². The molecule has 0 fully saturated rings. The van der Waals surface area contributed by atoms with Crippen LogP contribution in [-0.2, 0) is 0 Å². The Balaban J connectivity index is 2.74. The van der Waals surface area contributed by atoms with E-state index in [2.05, 4.69) is 15.7 Å². The predicted octanol–water partition coefficient (Wildman–Crippen LogP) is 2.63. The minimum atomic E-state index is 0.485. The first kappa shape index (κ1) is 13.1. The van der Waals surface area contributed by atoms with E-state index >= 15 is 0 Å². The van der Waals surface area contributed by atoms with Crippen LogP contribution < -0.4 is 16.6 Å². The summed E-state index contributed by atoms with van der Waals surface area (Å²) in [5.41, 5.74) is 3.26. The first-order valence-electron chi connectivity index (χ1n) is 4.90. The molecule has 0 atom stereocenters. The van der Waals surface area contributed by atoms with E-state index in [1.54, 1.807) is 18.2 Å². The lowest BCUT2D eigenvalue weighted by Gasteiger charge is -2.09. The van der Waals surface area contributed by atoms with Crippen LogP contribution in [0, 0.1) is 0 Å². The lowest BCUT2D eigenvalue weighted by atomic mass is 10.3. The quantitative estimate of drug-likeness (QED) is 0.339. The third kappa shape index (κ3) is 3.89. The monoisotopic (exact) mass is 260 g/mol. The molecule has 1 aromatic carbocycles. The zero-order valence-electron chi connectivity index (χ0n) is 8.93. The molecule has 1 rings (SSSR count). The van der Waals surface area contributed by atoms with Crippen LogP contribution in [0.1, 0.15) is 13.3 Å². The first-order chi connectivity index (χ1) is 7.67. The van der Waals surface area contributed by atoms with Crippen molar-refractivity contribution in [2.75, 3.05) is 11.9 Å². The number of halogens is 2. The Kier molecular flexibility index (Phi) is 5.38. The van der Waals surface area contributed by atoms with Gasteiger partial charge in [-0.3, -0.25) is 10.4 Å². The van der Waals surface area contributed by atoms with Gasteiger partial charge in [0.1, 0.15) is 0 Å². The third-order valence-electron chi connectivity index (χ3n) is 1.81. The normalized spacial score (nSPS) is 11.4. The molecule has 0 unspecified atom stereocenters. The Morgan fingerprint density at radius 1 is 1.38 bits per heavy atom. The van der Waals surface area contributed by atoms with E-state index in [1.807, 2.05) is 6.92 Å². The Morgan fingerprint density at radius 2 is 2.12 bits per heavy atom. The molecule has 0 aliphatic rings. The maximum Gasteiger partial charge on any atom is 0.210 e. The number of anilines is 1. The smallest absolute Gasteiger partial charge is 0.210 e. The minimum Gasteiger partial charge on any atom is -0.325 e. The molecule has 0 saturated heterocycles. The number of rotatable bonds is 3. The van der Waals surface area contributed by atoms with Gasteiger partial charge in [0.15, 0.2) is 0 Å². The number of aliphatic imine (C=N–C) groups is 1. The number of guanidine groups is 1. The summed E-state index contributed by atoms with van der Waals surface area (Å²) in [5, 5.41) is 4.00. The van der Waals surface area contributed by atoms with Gasteiger partial charge in [0, 0.05) is 12.2 Å². The fourth-order valence-electron chi connectivity index (χ4n) is 1.06. The van der Waals surface area contributed by atoms with Gasteiger partial charge in [-0.1, -0.05) is 30.1 Å². The maximum absolute atomic E-state index is 5.88. The SMILES string of the molecule is CCCN=C(NN)Nc1ccc(Cl)c(Cl)c1. The number of nitrogens with two attached hydrogens (primary N) is 1. The van der Waals surface area contributed by atoms with E-state index < -0.39 is 0 Å². The zero-order valence-corrected chi connectivity index (χ0v) is 10.4. The van der Waals surface area contributed by atoms with Crippen LogP contribution in [0.15, 0.2) is 23.2 Å². The number of hydrogen-bond donors (Lipinski definition) is 3. The summed E-state index contributed by atoms with van der Waals surface area (Å²) in [7, 11) is 0. The van der Waals surface area contributed by atoms with Crippen LogP contribution in [0.25, 0.3) is 0 Å². The molecule has 0 spiro atoms. The van der Waals surface area contributed by atoms with Crippen molar-refractivity contribution < 1.29 is 0 Å². The van der Waals surface area contributed by atoms with Gasteiger partial charge in [0.25, 0.3) is 0 Å². The summed E-state index contributed by atoms with van der Waals surface area (Å²) in [6.07, 6.45) is 0.953. The average molecular weight is 261 g/mol. The number of benzene rings is 1. The molecule has 0 heterocycles. The van der Waals surface area contributed by atoms with Crippen molar-refractivity contribution in [3.8, 4) is 0 Å². The van der Waals surface area contributed by atoms with Crippen LogP contribution in [0.2, 0.25) is 10.0 Å². The molecule has 16 heavy (non-hydrogen) atoms. The van der Waals surface area contributed by atoms with E-state index in [9.17, 15) is 0 Å². The van der Waals surface area contributed by atoms with Crippen molar-refractivity contribution in [1.82, 2.24) is 5.43 Å². The summed E-state index contributed by atoms with van der Waals surface area (Å²) >= 11 is 11.7. The van der Waals surface area contributed by atoms with Gasteiger partial charge in [-0.25, -0.2) is 5.84 Å². The number of hydrazine groups is 1. The topological polar surface area (TPSA) is 62.4 Å². The Morgan fingerprint density at radius 3 is 2.69 bits per heavy atom. The molecular formula is C10H14Cl2N4. The van der Waals surface area contributed by atoms with Gasteiger partial charge in [0.2, 0.25) is 5.96 Å². The van der Waals surface area contributed by atoms with Crippen LogP contribution in [-0.4, -0.2) is 12.5 Å². The van der Waals surface area contributed by atoms with E-state index in [0.717, 1.165) is 12.1 Å². The molecule has 88 valence electrons. The van der Waals surface area contributed by atoms with Gasteiger partial charge >= 0.3 is 0 Å². The molecule has 0 aliphatic carbocycles. The maximum atomic E-state index is 5.88.